The molecule has 0 saturated heterocycles. The zero-order chi connectivity index (χ0) is 21.6. The van der Waals surface area contributed by atoms with Gasteiger partial charge in [-0.25, -0.2) is 12.8 Å². The molecule has 0 unspecified atom stereocenters. The van der Waals surface area contributed by atoms with E-state index in [0.717, 1.165) is 10.6 Å². The van der Waals surface area contributed by atoms with Gasteiger partial charge in [0, 0.05) is 12.1 Å². The largest absolute Gasteiger partial charge is 0.457 e. The normalized spacial score (nSPS) is 11.0. The highest BCUT2D eigenvalue weighted by Crippen LogP contribution is 2.25. The van der Waals surface area contributed by atoms with Gasteiger partial charge in [-0.3, -0.25) is 9.10 Å². The summed E-state index contributed by atoms with van der Waals surface area (Å²) in [7, 11) is -3.72. The third-order valence-electron chi connectivity index (χ3n) is 4.23. The molecule has 3 rings (SSSR count). The fraction of sp³-hybridized carbons (Fsp3) is 0.136. The number of sulfonamides is 1. The predicted molar refractivity (Wildman–Crippen MR) is 113 cm³/mol. The van der Waals surface area contributed by atoms with Crippen LogP contribution in [0.2, 0.25) is 0 Å². The predicted octanol–water partition coefficient (Wildman–Crippen LogP) is 3.70. The molecular formula is C22H21FN2O4S. The van der Waals surface area contributed by atoms with Gasteiger partial charge in [-0.05, 0) is 42.5 Å². The van der Waals surface area contributed by atoms with Crippen LogP contribution in [0.15, 0.2) is 78.9 Å². The Hall–Kier alpha value is -3.39. The van der Waals surface area contributed by atoms with E-state index in [4.69, 9.17) is 4.74 Å². The number of anilines is 1. The van der Waals surface area contributed by atoms with Gasteiger partial charge in [-0.2, -0.15) is 0 Å². The Morgan fingerprint density at radius 3 is 2.17 bits per heavy atom. The second kappa shape index (κ2) is 9.41. The van der Waals surface area contributed by atoms with Gasteiger partial charge in [-0.1, -0.05) is 36.4 Å². The molecule has 1 N–H and O–H groups in total. The van der Waals surface area contributed by atoms with Crippen molar-refractivity contribution in [1.82, 2.24) is 5.32 Å². The first kappa shape index (κ1) is 21.3. The lowest BCUT2D eigenvalue weighted by atomic mass is 10.2. The molecule has 30 heavy (non-hydrogen) atoms. The highest BCUT2D eigenvalue weighted by Gasteiger charge is 2.21. The maximum Gasteiger partial charge on any atom is 0.241 e. The SMILES string of the molecule is CS(=O)(=O)N(CC(=O)NCc1ccccc1F)c1ccc(Oc2ccccc2)cc1. The van der Waals surface area contributed by atoms with E-state index in [9.17, 15) is 17.6 Å². The Morgan fingerprint density at radius 2 is 1.53 bits per heavy atom. The van der Waals surface area contributed by atoms with Gasteiger partial charge < -0.3 is 10.1 Å². The number of carbonyl (C=O) groups is 1. The van der Waals surface area contributed by atoms with Crippen molar-refractivity contribution in [3.8, 4) is 11.5 Å². The second-order valence-electron chi connectivity index (χ2n) is 6.55. The third kappa shape index (κ3) is 5.81. The van der Waals surface area contributed by atoms with Crippen molar-refractivity contribution in [2.24, 2.45) is 0 Å². The lowest BCUT2D eigenvalue weighted by Crippen LogP contribution is -2.40. The fourth-order valence-electron chi connectivity index (χ4n) is 2.73. The first-order valence-corrected chi connectivity index (χ1v) is 11.0. The monoisotopic (exact) mass is 428 g/mol. The quantitative estimate of drug-likeness (QED) is 0.594. The molecule has 0 aliphatic carbocycles. The minimum absolute atomic E-state index is 0.0348. The van der Waals surface area contributed by atoms with Crippen LogP contribution in [0.4, 0.5) is 10.1 Å². The molecule has 0 aromatic heterocycles. The van der Waals surface area contributed by atoms with Crippen molar-refractivity contribution >= 4 is 21.6 Å². The third-order valence-corrected chi connectivity index (χ3v) is 5.37. The van der Waals surface area contributed by atoms with Crippen molar-refractivity contribution in [2.75, 3.05) is 17.1 Å². The van der Waals surface area contributed by atoms with E-state index >= 15 is 0 Å². The van der Waals surface area contributed by atoms with Crippen LogP contribution < -0.4 is 14.4 Å². The molecule has 6 nitrogen and oxygen atoms in total. The highest BCUT2D eigenvalue weighted by molar-refractivity contribution is 7.92. The summed E-state index contributed by atoms with van der Waals surface area (Å²) in [5.41, 5.74) is 0.637. The molecule has 0 fully saturated rings. The Bertz CT molecular complexity index is 1100. The summed E-state index contributed by atoms with van der Waals surface area (Å²) in [6, 6.07) is 21.6. The van der Waals surface area contributed by atoms with Crippen LogP contribution in [-0.4, -0.2) is 27.1 Å². The number of hydrogen-bond donors (Lipinski definition) is 1. The van der Waals surface area contributed by atoms with Gasteiger partial charge in [0.15, 0.2) is 0 Å². The minimum Gasteiger partial charge on any atom is -0.457 e. The van der Waals surface area contributed by atoms with Gasteiger partial charge >= 0.3 is 0 Å². The summed E-state index contributed by atoms with van der Waals surface area (Å²) < 4.78 is 44.8. The molecule has 0 heterocycles. The van der Waals surface area contributed by atoms with E-state index in [-0.39, 0.29) is 6.54 Å². The standard InChI is InChI=1S/C22H21FN2O4S/c1-30(27,28)25(16-22(26)24-15-17-7-5-6-10-21(17)23)18-11-13-20(14-12-18)29-19-8-3-2-4-9-19/h2-14H,15-16H2,1H3,(H,24,26). The molecule has 0 bridgehead atoms. The number of carbonyl (C=O) groups excluding carboxylic acids is 1. The summed E-state index contributed by atoms with van der Waals surface area (Å²) in [6.07, 6.45) is 1.02. The molecule has 3 aromatic carbocycles. The van der Waals surface area contributed by atoms with E-state index in [2.05, 4.69) is 5.32 Å². The number of hydrogen-bond acceptors (Lipinski definition) is 4. The second-order valence-corrected chi connectivity index (χ2v) is 8.45. The molecule has 3 aromatic rings. The molecule has 0 atom stereocenters. The number of nitrogens with zero attached hydrogens (tertiary/aromatic N) is 1. The van der Waals surface area contributed by atoms with E-state index in [1.165, 1.54) is 6.07 Å². The summed E-state index contributed by atoms with van der Waals surface area (Å²) in [6.45, 7) is -0.459. The molecule has 1 amide bonds. The molecule has 0 radical (unpaired) electrons. The summed E-state index contributed by atoms with van der Waals surface area (Å²) in [4.78, 5) is 12.3. The van der Waals surface area contributed by atoms with Crippen molar-refractivity contribution in [3.63, 3.8) is 0 Å². The lowest BCUT2D eigenvalue weighted by molar-refractivity contribution is -0.119. The van der Waals surface area contributed by atoms with Crippen molar-refractivity contribution in [1.29, 1.82) is 0 Å². The van der Waals surface area contributed by atoms with Gasteiger partial charge in [0.05, 0.1) is 11.9 Å². The topological polar surface area (TPSA) is 75.7 Å². The Balaban J connectivity index is 1.68. The number of benzene rings is 3. The van der Waals surface area contributed by atoms with Crippen molar-refractivity contribution in [3.05, 3.63) is 90.2 Å². The zero-order valence-corrected chi connectivity index (χ0v) is 17.1. The van der Waals surface area contributed by atoms with Crippen molar-refractivity contribution < 1.29 is 22.3 Å². The van der Waals surface area contributed by atoms with Gasteiger partial charge in [0.2, 0.25) is 15.9 Å². The van der Waals surface area contributed by atoms with Crippen molar-refractivity contribution in [2.45, 2.75) is 6.54 Å². The molecule has 156 valence electrons. The van der Waals surface area contributed by atoms with Gasteiger partial charge in [-0.15, -0.1) is 0 Å². The Morgan fingerprint density at radius 1 is 0.933 bits per heavy atom. The number of amides is 1. The maximum atomic E-state index is 13.7. The van der Waals surface area contributed by atoms with E-state index in [1.54, 1.807) is 54.6 Å². The van der Waals surface area contributed by atoms with Crippen LogP contribution in [-0.2, 0) is 21.4 Å². The first-order valence-electron chi connectivity index (χ1n) is 9.14. The van der Waals surface area contributed by atoms with Crippen LogP contribution in [0.1, 0.15) is 5.56 Å². The number of rotatable bonds is 8. The molecule has 0 aliphatic heterocycles. The van der Waals surface area contributed by atoms with E-state index < -0.39 is 28.3 Å². The van der Waals surface area contributed by atoms with Gasteiger partial charge in [0.25, 0.3) is 0 Å². The highest BCUT2D eigenvalue weighted by atomic mass is 32.2. The molecular weight excluding hydrogens is 407 g/mol. The maximum absolute atomic E-state index is 13.7. The number of ether oxygens (including phenoxy) is 1. The lowest BCUT2D eigenvalue weighted by Gasteiger charge is -2.22. The smallest absolute Gasteiger partial charge is 0.241 e. The number of para-hydroxylation sites is 1. The van der Waals surface area contributed by atoms with Crippen LogP contribution in [0.3, 0.4) is 0 Å². The average Bonchev–Trinajstić information content (AvgIpc) is 2.72. The van der Waals surface area contributed by atoms with Crippen LogP contribution >= 0.6 is 0 Å². The number of halogens is 1. The number of nitrogens with one attached hydrogen (secondary N) is 1. The van der Waals surface area contributed by atoms with E-state index in [1.807, 2.05) is 18.2 Å². The first-order chi connectivity index (χ1) is 14.3. The Labute approximate surface area is 175 Å². The Kier molecular flexibility index (Phi) is 6.68. The van der Waals surface area contributed by atoms with Crippen LogP contribution in [0.25, 0.3) is 0 Å². The van der Waals surface area contributed by atoms with E-state index in [0.29, 0.717) is 22.7 Å². The fourth-order valence-corrected chi connectivity index (χ4v) is 3.58. The summed E-state index contributed by atoms with van der Waals surface area (Å²) in [5.74, 6) is 0.195. The molecule has 0 saturated carbocycles. The van der Waals surface area contributed by atoms with Gasteiger partial charge in [0.1, 0.15) is 23.9 Å². The average molecular weight is 428 g/mol. The molecule has 0 spiro atoms. The van der Waals surface area contributed by atoms with Crippen LogP contribution in [0.5, 0.6) is 11.5 Å². The minimum atomic E-state index is -3.72. The van der Waals surface area contributed by atoms with Crippen LogP contribution in [0, 0.1) is 5.82 Å². The summed E-state index contributed by atoms with van der Waals surface area (Å²) >= 11 is 0. The summed E-state index contributed by atoms with van der Waals surface area (Å²) in [5, 5.41) is 2.55. The molecule has 8 heteroatoms. The molecule has 0 aliphatic rings. The zero-order valence-electron chi connectivity index (χ0n) is 16.3.